The standard InChI is InChI=1S/C25H28N4O3/c1-3-23(30)28-25(22-14-26-17-27-22,13-18-9-11-21(32-2)12-10-18)24(31)29-15-20(16-29)19-7-5-4-6-8-19/h4-12,14,17,20H,3,13,15-16H2,1-2H3,(H,26,27)(H,28,30)/t25-/m1/s1. The van der Waals surface area contributed by atoms with E-state index in [1.165, 1.54) is 11.9 Å². The molecule has 1 aliphatic heterocycles. The van der Waals surface area contributed by atoms with Crippen molar-refractivity contribution in [1.29, 1.82) is 0 Å². The first kappa shape index (κ1) is 21.6. The third-order valence-electron chi connectivity index (χ3n) is 6.07. The largest absolute Gasteiger partial charge is 0.497 e. The number of amides is 2. The lowest BCUT2D eigenvalue weighted by atomic mass is 9.82. The van der Waals surface area contributed by atoms with Crippen molar-refractivity contribution in [2.45, 2.75) is 31.2 Å². The van der Waals surface area contributed by atoms with Gasteiger partial charge >= 0.3 is 0 Å². The van der Waals surface area contributed by atoms with Crippen molar-refractivity contribution in [3.05, 3.63) is 83.9 Å². The van der Waals surface area contributed by atoms with E-state index in [2.05, 4.69) is 27.4 Å². The summed E-state index contributed by atoms with van der Waals surface area (Å²) in [5, 5.41) is 3.03. The van der Waals surface area contributed by atoms with Gasteiger partial charge in [-0.1, -0.05) is 49.4 Å². The average molecular weight is 433 g/mol. The summed E-state index contributed by atoms with van der Waals surface area (Å²) in [6.07, 6.45) is 3.73. The van der Waals surface area contributed by atoms with Crippen LogP contribution in [0.5, 0.6) is 5.75 Å². The van der Waals surface area contributed by atoms with Gasteiger partial charge in [-0.3, -0.25) is 9.59 Å². The molecule has 7 heteroatoms. The van der Waals surface area contributed by atoms with Gasteiger partial charge in [-0.25, -0.2) is 4.98 Å². The van der Waals surface area contributed by atoms with E-state index in [0.29, 0.717) is 31.1 Å². The number of benzene rings is 2. The number of nitrogens with zero attached hydrogens (tertiary/aromatic N) is 2. The third-order valence-corrected chi connectivity index (χ3v) is 6.07. The Labute approximate surface area is 187 Å². The van der Waals surface area contributed by atoms with Crippen LogP contribution in [0.25, 0.3) is 0 Å². The normalized spacial score (nSPS) is 15.5. The molecule has 0 spiro atoms. The second-order valence-corrected chi connectivity index (χ2v) is 8.11. The van der Waals surface area contributed by atoms with Gasteiger partial charge in [0.25, 0.3) is 5.91 Å². The number of methoxy groups -OCH3 is 1. The molecule has 1 saturated heterocycles. The van der Waals surface area contributed by atoms with Crippen molar-refractivity contribution < 1.29 is 14.3 Å². The number of rotatable bonds is 8. The van der Waals surface area contributed by atoms with E-state index in [9.17, 15) is 9.59 Å². The Balaban J connectivity index is 1.65. The van der Waals surface area contributed by atoms with Crippen LogP contribution in [-0.2, 0) is 21.5 Å². The van der Waals surface area contributed by atoms with E-state index in [0.717, 1.165) is 11.3 Å². The zero-order chi connectivity index (χ0) is 22.6. The molecule has 2 amide bonds. The Hall–Kier alpha value is -3.61. The highest BCUT2D eigenvalue weighted by Gasteiger charge is 2.48. The number of hydrogen-bond donors (Lipinski definition) is 2. The number of imidazole rings is 1. The highest BCUT2D eigenvalue weighted by molar-refractivity contribution is 5.93. The van der Waals surface area contributed by atoms with Crippen LogP contribution in [0.2, 0.25) is 0 Å². The van der Waals surface area contributed by atoms with Gasteiger partial charge in [0, 0.05) is 31.8 Å². The smallest absolute Gasteiger partial charge is 0.254 e. The van der Waals surface area contributed by atoms with E-state index < -0.39 is 5.54 Å². The minimum absolute atomic E-state index is 0.133. The average Bonchev–Trinajstić information content (AvgIpc) is 3.34. The lowest BCUT2D eigenvalue weighted by molar-refractivity contribution is -0.146. The van der Waals surface area contributed by atoms with E-state index in [4.69, 9.17) is 4.74 Å². The Morgan fingerprint density at radius 1 is 1.16 bits per heavy atom. The Morgan fingerprint density at radius 3 is 2.47 bits per heavy atom. The maximum absolute atomic E-state index is 13.9. The monoisotopic (exact) mass is 432 g/mol. The predicted octanol–water partition coefficient (Wildman–Crippen LogP) is 3.01. The molecule has 4 rings (SSSR count). The third kappa shape index (κ3) is 4.23. The molecule has 1 aliphatic rings. The van der Waals surface area contributed by atoms with Crippen molar-refractivity contribution in [3.8, 4) is 5.75 Å². The summed E-state index contributed by atoms with van der Waals surface area (Å²) in [5.41, 5.74) is 1.44. The van der Waals surface area contributed by atoms with E-state index in [-0.39, 0.29) is 18.2 Å². The fraction of sp³-hybridized carbons (Fsp3) is 0.320. The van der Waals surface area contributed by atoms with Crippen molar-refractivity contribution in [1.82, 2.24) is 20.2 Å². The fourth-order valence-electron chi connectivity index (χ4n) is 4.17. The topological polar surface area (TPSA) is 87.3 Å². The van der Waals surface area contributed by atoms with Crippen LogP contribution in [0.4, 0.5) is 0 Å². The highest BCUT2D eigenvalue weighted by Crippen LogP contribution is 2.34. The van der Waals surface area contributed by atoms with Crippen molar-refractivity contribution in [2.24, 2.45) is 0 Å². The number of ether oxygens (including phenoxy) is 1. The predicted molar refractivity (Wildman–Crippen MR) is 121 cm³/mol. The summed E-state index contributed by atoms with van der Waals surface area (Å²) in [7, 11) is 1.61. The number of carbonyl (C=O) groups excluding carboxylic acids is 2. The minimum Gasteiger partial charge on any atom is -0.497 e. The van der Waals surface area contributed by atoms with Gasteiger partial charge in [0.1, 0.15) is 5.75 Å². The van der Waals surface area contributed by atoms with Gasteiger partial charge in [-0.05, 0) is 23.3 Å². The van der Waals surface area contributed by atoms with Gasteiger partial charge in [0.15, 0.2) is 5.54 Å². The Bertz CT molecular complexity index is 1040. The number of hydrogen-bond acceptors (Lipinski definition) is 4. The van der Waals surface area contributed by atoms with Crippen LogP contribution in [0, 0.1) is 0 Å². The van der Waals surface area contributed by atoms with Crippen molar-refractivity contribution in [2.75, 3.05) is 20.2 Å². The molecule has 0 aliphatic carbocycles. The summed E-state index contributed by atoms with van der Waals surface area (Å²) in [4.78, 5) is 35.6. The van der Waals surface area contributed by atoms with Crippen molar-refractivity contribution in [3.63, 3.8) is 0 Å². The molecule has 3 aromatic rings. The Morgan fingerprint density at radius 2 is 1.88 bits per heavy atom. The molecule has 1 atom stereocenters. The molecule has 2 N–H and O–H groups in total. The number of aromatic nitrogens is 2. The van der Waals surface area contributed by atoms with Crippen LogP contribution < -0.4 is 10.1 Å². The molecule has 166 valence electrons. The first-order valence-electron chi connectivity index (χ1n) is 10.8. The van der Waals surface area contributed by atoms with Crippen molar-refractivity contribution >= 4 is 11.8 Å². The minimum atomic E-state index is -1.26. The summed E-state index contributed by atoms with van der Waals surface area (Å²) >= 11 is 0. The van der Waals surface area contributed by atoms with Gasteiger partial charge < -0.3 is 19.9 Å². The van der Waals surface area contributed by atoms with Crippen LogP contribution >= 0.6 is 0 Å². The molecule has 7 nitrogen and oxygen atoms in total. The molecule has 2 heterocycles. The second kappa shape index (κ2) is 9.26. The van der Waals surface area contributed by atoms with Crippen LogP contribution in [0.1, 0.15) is 36.1 Å². The van der Waals surface area contributed by atoms with E-state index in [1.807, 2.05) is 47.4 Å². The number of nitrogens with one attached hydrogen (secondary N) is 2. The second-order valence-electron chi connectivity index (χ2n) is 8.11. The Kier molecular flexibility index (Phi) is 6.25. The van der Waals surface area contributed by atoms with Gasteiger partial charge in [0.05, 0.1) is 25.3 Å². The lowest BCUT2D eigenvalue weighted by Crippen LogP contribution is -2.63. The summed E-state index contributed by atoms with van der Waals surface area (Å²) in [6, 6.07) is 17.7. The maximum Gasteiger partial charge on any atom is 0.254 e. The lowest BCUT2D eigenvalue weighted by Gasteiger charge is -2.45. The van der Waals surface area contributed by atoms with Crippen LogP contribution in [0.15, 0.2) is 67.1 Å². The summed E-state index contributed by atoms with van der Waals surface area (Å²) in [6.45, 7) is 3.01. The van der Waals surface area contributed by atoms with Crippen LogP contribution in [0.3, 0.4) is 0 Å². The first-order valence-corrected chi connectivity index (χ1v) is 10.8. The van der Waals surface area contributed by atoms with Gasteiger partial charge in [-0.2, -0.15) is 0 Å². The van der Waals surface area contributed by atoms with Crippen LogP contribution in [-0.4, -0.2) is 46.9 Å². The molecule has 2 aromatic carbocycles. The molecule has 1 aromatic heterocycles. The first-order chi connectivity index (χ1) is 15.6. The zero-order valence-corrected chi connectivity index (χ0v) is 18.4. The number of H-pyrrole nitrogens is 1. The molecule has 0 bridgehead atoms. The molecule has 32 heavy (non-hydrogen) atoms. The zero-order valence-electron chi connectivity index (χ0n) is 18.4. The molecule has 0 saturated carbocycles. The maximum atomic E-state index is 13.9. The van der Waals surface area contributed by atoms with E-state index in [1.54, 1.807) is 20.2 Å². The number of carbonyl (C=O) groups is 2. The molecule has 0 radical (unpaired) electrons. The molecule has 0 unspecified atom stereocenters. The van der Waals surface area contributed by atoms with Gasteiger partial charge in [-0.15, -0.1) is 0 Å². The van der Waals surface area contributed by atoms with E-state index >= 15 is 0 Å². The highest BCUT2D eigenvalue weighted by atomic mass is 16.5. The quantitative estimate of drug-likeness (QED) is 0.573. The number of likely N-dealkylation sites (tertiary alicyclic amines) is 1. The summed E-state index contributed by atoms with van der Waals surface area (Å²) < 4.78 is 5.26. The molecular formula is C25H28N4O3. The SMILES string of the molecule is CCC(=O)N[C@@](Cc1ccc(OC)cc1)(C(=O)N1CC(c2ccccc2)C1)c1cnc[nH]1. The number of aromatic amines is 1. The molecular weight excluding hydrogens is 404 g/mol. The molecule has 1 fully saturated rings. The summed E-state index contributed by atoms with van der Waals surface area (Å²) in [5.74, 6) is 0.703. The fourth-order valence-corrected chi connectivity index (χ4v) is 4.17. The van der Waals surface area contributed by atoms with Gasteiger partial charge in [0.2, 0.25) is 5.91 Å².